The zero-order valence-electron chi connectivity index (χ0n) is 8.94. The Bertz CT molecular complexity index is 352. The van der Waals surface area contributed by atoms with Crippen LogP contribution in [0.5, 0.6) is 5.75 Å². The Morgan fingerprint density at radius 2 is 2.00 bits per heavy atom. The van der Waals surface area contributed by atoms with E-state index in [0.717, 1.165) is 12.1 Å². The molecule has 6 heteroatoms. The van der Waals surface area contributed by atoms with E-state index < -0.39 is 12.5 Å². The number of ether oxygens (including phenoxy) is 1. The lowest BCUT2D eigenvalue weighted by Gasteiger charge is -2.13. The van der Waals surface area contributed by atoms with E-state index in [2.05, 4.69) is 4.74 Å². The van der Waals surface area contributed by atoms with Gasteiger partial charge >= 0.3 is 6.36 Å². The minimum Gasteiger partial charge on any atom is -0.406 e. The van der Waals surface area contributed by atoms with Crippen LogP contribution in [0.25, 0.3) is 0 Å². The van der Waals surface area contributed by atoms with E-state index in [1.165, 1.54) is 12.1 Å². The van der Waals surface area contributed by atoms with Crippen LogP contribution in [0, 0.1) is 0 Å². The van der Waals surface area contributed by atoms with Crippen molar-refractivity contribution in [2.24, 2.45) is 0 Å². The van der Waals surface area contributed by atoms with Gasteiger partial charge in [0.25, 0.3) is 0 Å². The second-order valence-electron chi connectivity index (χ2n) is 3.50. The summed E-state index contributed by atoms with van der Waals surface area (Å²) in [5.74, 6) is -0.363. The molecule has 0 aromatic heterocycles. The van der Waals surface area contributed by atoms with Gasteiger partial charge in [-0.2, -0.15) is 0 Å². The van der Waals surface area contributed by atoms with E-state index in [4.69, 9.17) is 5.11 Å². The molecule has 1 aromatic carbocycles. The van der Waals surface area contributed by atoms with Crippen LogP contribution in [0.2, 0.25) is 0 Å². The third kappa shape index (κ3) is 5.06. The zero-order valence-corrected chi connectivity index (χ0v) is 8.94. The minimum atomic E-state index is -4.74. The molecule has 0 heterocycles. The molecule has 0 bridgehead atoms. The van der Waals surface area contributed by atoms with E-state index in [9.17, 15) is 18.3 Å². The second kappa shape index (κ2) is 5.88. The van der Waals surface area contributed by atoms with Crippen LogP contribution in [-0.4, -0.2) is 23.2 Å². The molecule has 0 radical (unpaired) electrons. The zero-order chi connectivity index (χ0) is 12.9. The monoisotopic (exact) mass is 250 g/mol. The number of aliphatic hydroxyl groups excluding tert-OH is 2. The van der Waals surface area contributed by atoms with Crippen molar-refractivity contribution in [2.75, 3.05) is 6.61 Å². The normalized spacial score (nSPS) is 13.5. The van der Waals surface area contributed by atoms with Gasteiger partial charge in [0, 0.05) is 6.61 Å². The lowest BCUT2D eigenvalue weighted by Crippen LogP contribution is -2.17. The lowest BCUT2D eigenvalue weighted by molar-refractivity contribution is -0.274. The van der Waals surface area contributed by atoms with Gasteiger partial charge in [-0.25, -0.2) is 0 Å². The van der Waals surface area contributed by atoms with Crippen molar-refractivity contribution in [2.45, 2.75) is 25.3 Å². The Hall–Kier alpha value is -1.27. The Morgan fingerprint density at radius 3 is 2.59 bits per heavy atom. The first-order chi connectivity index (χ1) is 7.92. The largest absolute Gasteiger partial charge is 0.573 e. The van der Waals surface area contributed by atoms with Crippen molar-refractivity contribution in [3.8, 4) is 5.75 Å². The summed E-state index contributed by atoms with van der Waals surface area (Å²) in [5.41, 5.74) is 0.334. The molecule has 0 spiro atoms. The number of aliphatic hydroxyl groups is 2. The summed E-state index contributed by atoms with van der Waals surface area (Å²) in [7, 11) is 0. The summed E-state index contributed by atoms with van der Waals surface area (Å²) >= 11 is 0. The summed E-state index contributed by atoms with van der Waals surface area (Å²) in [6, 6.07) is 5.18. The fourth-order valence-electron chi connectivity index (χ4n) is 1.37. The molecule has 17 heavy (non-hydrogen) atoms. The van der Waals surface area contributed by atoms with Crippen LogP contribution in [-0.2, 0) is 0 Å². The molecule has 1 atom stereocenters. The summed E-state index contributed by atoms with van der Waals surface area (Å²) in [6.07, 6.45) is -4.98. The van der Waals surface area contributed by atoms with Gasteiger partial charge in [0.05, 0.1) is 6.10 Å². The van der Waals surface area contributed by atoms with Gasteiger partial charge in [0.1, 0.15) is 5.75 Å². The maximum Gasteiger partial charge on any atom is 0.573 e. The van der Waals surface area contributed by atoms with E-state index in [1.807, 2.05) is 0 Å². The van der Waals surface area contributed by atoms with Crippen molar-refractivity contribution in [1.82, 2.24) is 0 Å². The first-order valence-electron chi connectivity index (χ1n) is 5.07. The van der Waals surface area contributed by atoms with Gasteiger partial charge < -0.3 is 14.9 Å². The van der Waals surface area contributed by atoms with Crippen molar-refractivity contribution in [1.29, 1.82) is 0 Å². The molecule has 2 N–H and O–H groups in total. The second-order valence-corrected chi connectivity index (χ2v) is 3.50. The molecule has 0 aliphatic rings. The SMILES string of the molecule is OCCCC(O)c1cccc(OC(F)(F)F)c1. The minimum absolute atomic E-state index is 0.0736. The first kappa shape index (κ1) is 13.8. The van der Waals surface area contributed by atoms with Gasteiger partial charge in [-0.15, -0.1) is 13.2 Å². The van der Waals surface area contributed by atoms with Crippen molar-refractivity contribution in [3.05, 3.63) is 29.8 Å². The van der Waals surface area contributed by atoms with Gasteiger partial charge in [0.2, 0.25) is 0 Å². The maximum absolute atomic E-state index is 12.0. The third-order valence-electron chi connectivity index (χ3n) is 2.11. The van der Waals surface area contributed by atoms with Gasteiger partial charge in [0.15, 0.2) is 0 Å². The Morgan fingerprint density at radius 1 is 1.29 bits per heavy atom. The number of hydrogen-bond acceptors (Lipinski definition) is 3. The van der Waals surface area contributed by atoms with Gasteiger partial charge in [-0.1, -0.05) is 12.1 Å². The number of rotatable bonds is 5. The molecule has 1 aromatic rings. The fourth-order valence-corrected chi connectivity index (χ4v) is 1.37. The molecule has 1 unspecified atom stereocenters. The highest BCUT2D eigenvalue weighted by molar-refractivity contribution is 5.30. The molecule has 0 fully saturated rings. The lowest BCUT2D eigenvalue weighted by atomic mass is 10.1. The molecule has 0 saturated heterocycles. The fraction of sp³-hybridized carbons (Fsp3) is 0.455. The smallest absolute Gasteiger partial charge is 0.406 e. The Labute approximate surface area is 96.5 Å². The van der Waals surface area contributed by atoms with Crippen LogP contribution >= 0.6 is 0 Å². The quantitative estimate of drug-likeness (QED) is 0.843. The molecule has 96 valence electrons. The van der Waals surface area contributed by atoms with E-state index >= 15 is 0 Å². The maximum atomic E-state index is 12.0. The summed E-state index contributed by atoms with van der Waals surface area (Å²) in [5, 5.41) is 18.2. The molecular formula is C11H13F3O3. The van der Waals surface area contributed by atoms with Gasteiger partial charge in [-0.05, 0) is 30.5 Å². The van der Waals surface area contributed by atoms with Gasteiger partial charge in [-0.3, -0.25) is 0 Å². The van der Waals surface area contributed by atoms with E-state index in [1.54, 1.807) is 0 Å². The highest BCUT2D eigenvalue weighted by Crippen LogP contribution is 2.26. The average molecular weight is 250 g/mol. The predicted molar refractivity (Wildman–Crippen MR) is 54.4 cm³/mol. The molecule has 0 saturated carbocycles. The van der Waals surface area contributed by atoms with Crippen LogP contribution in [0.1, 0.15) is 24.5 Å². The molecule has 0 amide bonds. The van der Waals surface area contributed by atoms with Crippen molar-refractivity contribution >= 4 is 0 Å². The number of hydrogen-bond donors (Lipinski definition) is 2. The summed E-state index contributed by atoms with van der Waals surface area (Å²) in [6.45, 7) is -0.0736. The number of halogens is 3. The number of benzene rings is 1. The molecule has 3 nitrogen and oxygen atoms in total. The van der Waals surface area contributed by atoms with Crippen molar-refractivity contribution < 1.29 is 28.1 Å². The summed E-state index contributed by atoms with van der Waals surface area (Å²) in [4.78, 5) is 0. The van der Waals surface area contributed by atoms with Crippen molar-refractivity contribution in [3.63, 3.8) is 0 Å². The third-order valence-corrected chi connectivity index (χ3v) is 2.11. The van der Waals surface area contributed by atoms with Crippen LogP contribution in [0.4, 0.5) is 13.2 Å². The molecule has 1 rings (SSSR count). The Balaban J connectivity index is 2.71. The molecular weight excluding hydrogens is 237 g/mol. The van der Waals surface area contributed by atoms with E-state index in [-0.39, 0.29) is 18.8 Å². The topological polar surface area (TPSA) is 49.7 Å². The average Bonchev–Trinajstić information content (AvgIpc) is 2.24. The van der Waals surface area contributed by atoms with Crippen LogP contribution in [0.3, 0.4) is 0 Å². The molecule has 0 aliphatic carbocycles. The number of alkyl halides is 3. The predicted octanol–water partition coefficient (Wildman–Crippen LogP) is 2.39. The highest BCUT2D eigenvalue weighted by atomic mass is 19.4. The first-order valence-corrected chi connectivity index (χ1v) is 5.07. The van der Waals surface area contributed by atoms with Crippen LogP contribution < -0.4 is 4.74 Å². The Kier molecular flexibility index (Phi) is 4.77. The van der Waals surface area contributed by atoms with Crippen LogP contribution in [0.15, 0.2) is 24.3 Å². The highest BCUT2D eigenvalue weighted by Gasteiger charge is 2.31. The summed E-state index contributed by atoms with van der Waals surface area (Å²) < 4.78 is 39.6. The molecule has 0 aliphatic heterocycles. The van der Waals surface area contributed by atoms with E-state index in [0.29, 0.717) is 12.0 Å². The standard InChI is InChI=1S/C11H13F3O3/c12-11(13,14)17-9-4-1-3-8(7-9)10(16)5-2-6-15/h1,3-4,7,10,15-16H,2,5-6H2.